The van der Waals surface area contributed by atoms with Gasteiger partial charge in [-0.05, 0) is 48.4 Å². The third-order valence-corrected chi connectivity index (χ3v) is 10.1. The van der Waals surface area contributed by atoms with E-state index in [1.807, 2.05) is 30.3 Å². The van der Waals surface area contributed by atoms with Crippen molar-refractivity contribution in [2.75, 3.05) is 26.3 Å². The van der Waals surface area contributed by atoms with Crippen LogP contribution < -0.4 is 26.0 Å². The minimum atomic E-state index is -1.22. The number of hydrogen-bond acceptors (Lipinski definition) is 9. The number of benzene rings is 2. The lowest BCUT2D eigenvalue weighted by Crippen LogP contribution is -2.58. The molecule has 5 rings (SSSR count). The summed E-state index contributed by atoms with van der Waals surface area (Å²) < 4.78 is 12.0. The predicted octanol–water partition coefficient (Wildman–Crippen LogP) is 2.41. The van der Waals surface area contributed by atoms with Gasteiger partial charge < -0.3 is 35.6 Å². The highest BCUT2D eigenvalue weighted by atomic mass is 16.5. The molecule has 1 unspecified atom stereocenters. The molecule has 14 heteroatoms. The van der Waals surface area contributed by atoms with Crippen molar-refractivity contribution in [1.82, 2.24) is 26.2 Å². The smallest absolute Gasteiger partial charge is 0.290 e. The number of Topliss-reactive ketones (excluding diaryl/α,β-unsaturated/α-hetero) is 1. The summed E-state index contributed by atoms with van der Waals surface area (Å²) in [5.74, 6) is -3.46. The van der Waals surface area contributed by atoms with E-state index in [-0.39, 0.29) is 43.5 Å². The van der Waals surface area contributed by atoms with E-state index < -0.39 is 60.3 Å². The Hall–Kier alpha value is -5.29. The number of rotatable bonds is 11. The van der Waals surface area contributed by atoms with Gasteiger partial charge >= 0.3 is 0 Å². The summed E-state index contributed by atoms with van der Waals surface area (Å²) in [6, 6.07) is 13.9. The number of amides is 5. The average Bonchev–Trinajstić information content (AvgIpc) is 3.62. The molecule has 3 aliphatic rings. The van der Waals surface area contributed by atoms with Crippen molar-refractivity contribution < 1.29 is 38.2 Å². The zero-order chi connectivity index (χ0) is 38.5. The molecule has 2 heterocycles. The Bertz CT molecular complexity index is 1690. The molecule has 4 bridgehead atoms. The first-order chi connectivity index (χ1) is 26.2. The van der Waals surface area contributed by atoms with Crippen LogP contribution in [0.25, 0.3) is 0 Å². The van der Waals surface area contributed by atoms with Crippen LogP contribution in [0, 0.1) is 17.2 Å². The molecule has 0 aromatic heterocycles. The molecule has 14 nitrogen and oxygen atoms in total. The molecule has 1 saturated heterocycles. The molecule has 2 aromatic carbocycles. The van der Waals surface area contributed by atoms with Crippen LogP contribution in [0.2, 0.25) is 0 Å². The highest BCUT2D eigenvalue weighted by Gasteiger charge is 2.45. The van der Waals surface area contributed by atoms with Crippen molar-refractivity contribution in [1.29, 1.82) is 5.26 Å². The molecular weight excluding hydrogens is 692 g/mol. The van der Waals surface area contributed by atoms with E-state index in [4.69, 9.17) is 9.47 Å². The van der Waals surface area contributed by atoms with Gasteiger partial charge in [-0.2, -0.15) is 5.26 Å². The molecular formula is C40H50N6O8. The van der Waals surface area contributed by atoms with E-state index in [1.54, 1.807) is 37.3 Å². The number of carbonyl (C=O) groups excluding carboxylic acids is 6. The monoisotopic (exact) mass is 742 g/mol. The summed E-state index contributed by atoms with van der Waals surface area (Å²) in [6.45, 7) is 2.05. The maximum atomic E-state index is 14.5. The van der Waals surface area contributed by atoms with E-state index in [2.05, 4.69) is 21.3 Å². The maximum absolute atomic E-state index is 14.5. The number of carbonyl (C=O) groups is 6. The summed E-state index contributed by atoms with van der Waals surface area (Å²) in [7, 11) is 0. The molecule has 0 radical (unpaired) electrons. The van der Waals surface area contributed by atoms with Crippen molar-refractivity contribution in [2.45, 2.75) is 101 Å². The van der Waals surface area contributed by atoms with E-state index in [0.29, 0.717) is 37.4 Å². The van der Waals surface area contributed by atoms with Gasteiger partial charge in [0, 0.05) is 19.4 Å². The van der Waals surface area contributed by atoms with Crippen LogP contribution in [0.1, 0.15) is 81.9 Å². The van der Waals surface area contributed by atoms with E-state index in [9.17, 15) is 34.0 Å². The van der Waals surface area contributed by atoms with Gasteiger partial charge in [-0.25, -0.2) is 0 Å². The Kier molecular flexibility index (Phi) is 14.6. The first-order valence-electron chi connectivity index (χ1n) is 19.0. The summed E-state index contributed by atoms with van der Waals surface area (Å²) in [5.41, 5.74) is 1.31. The molecule has 0 spiro atoms. The normalized spacial score (nSPS) is 22.1. The average molecular weight is 743 g/mol. The van der Waals surface area contributed by atoms with Crippen LogP contribution in [0.3, 0.4) is 0 Å². The molecule has 1 saturated carbocycles. The third-order valence-electron chi connectivity index (χ3n) is 10.1. The number of nitrogens with one attached hydrogen (secondary N) is 4. The highest BCUT2D eigenvalue weighted by Crippen LogP contribution is 2.30. The standard InChI is InChI=1S/C40H50N6O8/c1-2-11-31(37(49)39(51)42-24-35(48)43-32(23-41)27-13-5-3-6-14-27)44-38(50)33-22-30-25-46(33)40(52)36(28-15-7-4-8-16-28)45-34(47)21-26-12-9-17-29(20-26)53-18-10-19-54-30/h3,5-6,9,12-14,17,20,28,30-33,36H,2,4,7-8,10-11,15-16,18-19,21-22,24-25H2,1H3,(H,42,51)(H,43,48)(H,44,50)(H,45,47)/t30-,31?,32-,33+,36+/m1/s1. The summed E-state index contributed by atoms with van der Waals surface area (Å²) in [5, 5.41) is 20.1. The maximum Gasteiger partial charge on any atom is 0.290 e. The van der Waals surface area contributed by atoms with Gasteiger partial charge in [-0.15, -0.1) is 0 Å². The van der Waals surface area contributed by atoms with Crippen LogP contribution in [-0.4, -0.2) is 90.8 Å². The van der Waals surface area contributed by atoms with Crippen LogP contribution in [0.4, 0.5) is 0 Å². The molecule has 1 aliphatic carbocycles. The Labute approximate surface area is 315 Å². The Morgan fingerprint density at radius 1 is 0.981 bits per heavy atom. The first kappa shape index (κ1) is 39.9. The highest BCUT2D eigenvalue weighted by molar-refractivity contribution is 6.38. The second-order valence-corrected chi connectivity index (χ2v) is 14.1. The van der Waals surface area contributed by atoms with Crippen LogP contribution >= 0.6 is 0 Å². The Morgan fingerprint density at radius 2 is 1.76 bits per heavy atom. The molecule has 5 amide bonds. The lowest BCUT2D eigenvalue weighted by molar-refractivity contribution is -0.144. The topological polar surface area (TPSA) is 196 Å². The number of nitriles is 1. The lowest BCUT2D eigenvalue weighted by Gasteiger charge is -2.35. The molecule has 54 heavy (non-hydrogen) atoms. The largest absolute Gasteiger partial charge is 0.493 e. The summed E-state index contributed by atoms with van der Waals surface area (Å²) in [6.07, 6.45) is 5.28. The van der Waals surface area contributed by atoms with Crippen molar-refractivity contribution in [3.8, 4) is 11.8 Å². The van der Waals surface area contributed by atoms with Crippen LogP contribution in [0.5, 0.6) is 5.75 Å². The van der Waals surface area contributed by atoms with Gasteiger partial charge in [0.25, 0.3) is 5.91 Å². The SMILES string of the molecule is CCCC(NC(=O)[C@@H]1C[C@@H]2CN1C(=O)[C@H](C1CCCCC1)NC(=O)Cc1cccc(c1)OCCCO2)C(=O)C(=O)NCC(=O)N[C@H](C#N)c1ccccc1. The quantitative estimate of drug-likeness (QED) is 0.250. The molecule has 2 aliphatic heterocycles. The third kappa shape index (κ3) is 10.9. The molecule has 288 valence electrons. The van der Waals surface area contributed by atoms with Crippen molar-refractivity contribution in [3.05, 3.63) is 65.7 Å². The molecule has 2 aromatic rings. The number of ketones is 1. The van der Waals surface area contributed by atoms with Crippen molar-refractivity contribution >= 4 is 35.3 Å². The van der Waals surface area contributed by atoms with E-state index >= 15 is 0 Å². The lowest BCUT2D eigenvalue weighted by atomic mass is 9.83. The van der Waals surface area contributed by atoms with Crippen molar-refractivity contribution in [3.63, 3.8) is 0 Å². The van der Waals surface area contributed by atoms with Gasteiger partial charge in [0.1, 0.15) is 23.9 Å². The Morgan fingerprint density at radius 3 is 2.50 bits per heavy atom. The second kappa shape index (κ2) is 19.7. The number of nitrogens with zero attached hydrogens (tertiary/aromatic N) is 2. The first-order valence-corrected chi connectivity index (χ1v) is 19.0. The van der Waals surface area contributed by atoms with E-state index in [1.165, 1.54) is 4.90 Å². The number of hydrogen-bond donors (Lipinski definition) is 4. The van der Waals surface area contributed by atoms with Crippen LogP contribution in [0.15, 0.2) is 54.6 Å². The van der Waals surface area contributed by atoms with Gasteiger partial charge in [-0.1, -0.05) is 75.1 Å². The summed E-state index contributed by atoms with van der Waals surface area (Å²) >= 11 is 0. The fourth-order valence-electron chi connectivity index (χ4n) is 7.37. The fourth-order valence-corrected chi connectivity index (χ4v) is 7.37. The Balaban J connectivity index is 1.28. The van der Waals surface area contributed by atoms with Gasteiger partial charge in [0.15, 0.2) is 0 Å². The molecule has 4 N–H and O–H groups in total. The minimum Gasteiger partial charge on any atom is -0.493 e. The number of ether oxygens (including phenoxy) is 2. The second-order valence-electron chi connectivity index (χ2n) is 14.1. The van der Waals surface area contributed by atoms with E-state index in [0.717, 1.165) is 37.7 Å². The minimum absolute atomic E-state index is 0.0554. The predicted molar refractivity (Wildman–Crippen MR) is 196 cm³/mol. The fraction of sp³-hybridized carbons (Fsp3) is 0.525. The van der Waals surface area contributed by atoms with Gasteiger partial charge in [-0.3, -0.25) is 28.8 Å². The zero-order valence-corrected chi connectivity index (χ0v) is 30.7. The van der Waals surface area contributed by atoms with Gasteiger partial charge in [0.05, 0.1) is 44.4 Å². The summed E-state index contributed by atoms with van der Waals surface area (Å²) in [4.78, 5) is 82.4. The molecule has 5 atom stereocenters. The zero-order valence-electron chi connectivity index (χ0n) is 30.7. The molecule has 2 fully saturated rings. The van der Waals surface area contributed by atoms with Crippen molar-refractivity contribution in [2.24, 2.45) is 5.92 Å². The number of fused-ring (bicyclic) bond motifs is 4. The van der Waals surface area contributed by atoms with Gasteiger partial charge in [0.2, 0.25) is 29.4 Å². The van der Waals surface area contributed by atoms with Crippen LogP contribution in [-0.2, 0) is 39.9 Å².